The third-order valence-corrected chi connectivity index (χ3v) is 8.28. The van der Waals surface area contributed by atoms with E-state index in [4.69, 9.17) is 0 Å². The molecule has 0 rings (SSSR count). The summed E-state index contributed by atoms with van der Waals surface area (Å²) in [5.74, 6) is 0. The van der Waals surface area contributed by atoms with Crippen LogP contribution in [0.4, 0.5) is 0 Å². The molecule has 0 aromatic heterocycles. The molecule has 0 bridgehead atoms. The molecule has 0 unspecified atom stereocenters. The lowest BCUT2D eigenvalue weighted by atomic mass is 10.3. The Balaban J connectivity index is 4.30. The lowest BCUT2D eigenvalue weighted by Crippen LogP contribution is -2.08. The fourth-order valence-corrected chi connectivity index (χ4v) is 4.88. The summed E-state index contributed by atoms with van der Waals surface area (Å²) in [6.45, 7) is 11.5. The maximum Gasteiger partial charge on any atom is 0.0799 e. The monoisotopic (exact) mass is 187 g/mol. The minimum absolute atomic E-state index is 0.580. The highest BCUT2D eigenvalue weighted by Crippen LogP contribution is 2.58. The van der Waals surface area contributed by atoms with Gasteiger partial charge in [-0.25, -0.2) is 0 Å². The molecule has 0 fully saturated rings. The molecule has 0 saturated carbocycles. The molecule has 0 N–H and O–H groups in total. The lowest BCUT2D eigenvalue weighted by Gasteiger charge is -2.23. The van der Waals surface area contributed by atoms with Crippen LogP contribution in [0.25, 0.3) is 0 Å². The molecular formula is C11H24P+. The van der Waals surface area contributed by atoms with Gasteiger partial charge in [-0.05, 0) is 40.2 Å². The molecule has 0 radical (unpaired) electrons. The van der Waals surface area contributed by atoms with Crippen LogP contribution >= 0.6 is 7.26 Å². The molecule has 0 spiro atoms. The molecule has 12 heavy (non-hydrogen) atoms. The van der Waals surface area contributed by atoms with E-state index in [2.05, 4.69) is 40.7 Å². The van der Waals surface area contributed by atoms with Gasteiger partial charge in [-0.1, -0.05) is 6.08 Å². The van der Waals surface area contributed by atoms with Gasteiger partial charge in [-0.3, -0.25) is 0 Å². The van der Waals surface area contributed by atoms with E-state index < -0.39 is 7.26 Å². The van der Waals surface area contributed by atoms with E-state index in [9.17, 15) is 0 Å². The van der Waals surface area contributed by atoms with Gasteiger partial charge in [-0.15, -0.1) is 0 Å². The summed E-state index contributed by atoms with van der Waals surface area (Å²) in [6, 6.07) is 0. The van der Waals surface area contributed by atoms with Gasteiger partial charge in [0.15, 0.2) is 0 Å². The van der Waals surface area contributed by atoms with E-state index in [-0.39, 0.29) is 0 Å². The molecule has 0 nitrogen and oxygen atoms in total. The first-order valence-corrected chi connectivity index (χ1v) is 7.64. The van der Waals surface area contributed by atoms with Crippen molar-refractivity contribution in [3.05, 3.63) is 11.6 Å². The first-order valence-electron chi connectivity index (χ1n) is 5.11. The van der Waals surface area contributed by atoms with Crippen LogP contribution in [-0.4, -0.2) is 24.6 Å². The lowest BCUT2D eigenvalue weighted by molar-refractivity contribution is 1.24. The molecule has 0 heterocycles. The second-order valence-electron chi connectivity index (χ2n) is 3.58. The Kier molecular flexibility index (Phi) is 5.84. The molecular weight excluding hydrogens is 163 g/mol. The molecule has 0 amide bonds. The zero-order valence-electron chi connectivity index (χ0n) is 9.35. The van der Waals surface area contributed by atoms with Crippen molar-refractivity contribution in [2.75, 3.05) is 24.6 Å². The van der Waals surface area contributed by atoms with Crippen molar-refractivity contribution in [1.29, 1.82) is 0 Å². The van der Waals surface area contributed by atoms with Crippen molar-refractivity contribution in [3.63, 3.8) is 0 Å². The van der Waals surface area contributed by atoms with E-state index in [0.717, 1.165) is 0 Å². The average molecular weight is 187 g/mol. The summed E-state index contributed by atoms with van der Waals surface area (Å²) >= 11 is 0. The van der Waals surface area contributed by atoms with Crippen LogP contribution < -0.4 is 0 Å². The fourth-order valence-electron chi connectivity index (χ4n) is 1.63. The molecule has 0 atom stereocenters. The van der Waals surface area contributed by atoms with Gasteiger partial charge in [0, 0.05) is 7.26 Å². The van der Waals surface area contributed by atoms with E-state index >= 15 is 0 Å². The minimum Gasteiger partial charge on any atom is -0.0851 e. The minimum atomic E-state index is -0.580. The average Bonchev–Trinajstić information content (AvgIpc) is 2.14. The standard InChI is InChI=1S/C11H24P/c1-6-11(5)10-12(7-2,8-3)9-4/h6H,7-10H2,1-5H3/q+1/b11-6+. The van der Waals surface area contributed by atoms with Gasteiger partial charge in [0.25, 0.3) is 0 Å². The Morgan fingerprint density at radius 3 is 1.75 bits per heavy atom. The maximum atomic E-state index is 2.36. The Morgan fingerprint density at radius 2 is 1.50 bits per heavy atom. The van der Waals surface area contributed by atoms with E-state index in [1.54, 1.807) is 5.57 Å². The maximum absolute atomic E-state index is 2.36. The second kappa shape index (κ2) is 5.75. The Bertz CT molecular complexity index is 135. The SMILES string of the molecule is C/C=C(\C)C[P+](CC)(CC)CC. The number of allylic oxidation sites excluding steroid dienone is 2. The number of hydrogen-bond donors (Lipinski definition) is 0. The zero-order valence-corrected chi connectivity index (χ0v) is 10.2. The van der Waals surface area contributed by atoms with Crippen molar-refractivity contribution in [2.24, 2.45) is 0 Å². The van der Waals surface area contributed by atoms with Gasteiger partial charge in [0.2, 0.25) is 0 Å². The first kappa shape index (κ1) is 12.2. The molecule has 0 saturated heterocycles. The van der Waals surface area contributed by atoms with Gasteiger partial charge >= 0.3 is 0 Å². The fraction of sp³-hybridized carbons (Fsp3) is 0.818. The van der Waals surface area contributed by atoms with E-state index in [1.165, 1.54) is 24.6 Å². The van der Waals surface area contributed by atoms with Crippen molar-refractivity contribution >= 4 is 7.26 Å². The summed E-state index contributed by atoms with van der Waals surface area (Å²) < 4.78 is 0. The highest BCUT2D eigenvalue weighted by Gasteiger charge is 2.30. The van der Waals surface area contributed by atoms with E-state index in [0.29, 0.717) is 0 Å². The Hall–Kier alpha value is 0.170. The van der Waals surface area contributed by atoms with Gasteiger partial charge in [-0.2, -0.15) is 0 Å². The van der Waals surface area contributed by atoms with Crippen molar-refractivity contribution in [2.45, 2.75) is 34.6 Å². The number of hydrogen-bond acceptors (Lipinski definition) is 0. The highest BCUT2D eigenvalue weighted by atomic mass is 31.2. The summed E-state index contributed by atoms with van der Waals surface area (Å²) in [4.78, 5) is 0. The highest BCUT2D eigenvalue weighted by molar-refractivity contribution is 7.76. The van der Waals surface area contributed by atoms with Crippen LogP contribution in [0.5, 0.6) is 0 Å². The number of rotatable bonds is 5. The molecule has 0 aliphatic rings. The van der Waals surface area contributed by atoms with Crippen LogP contribution in [0, 0.1) is 0 Å². The smallest absolute Gasteiger partial charge is 0.0799 e. The topological polar surface area (TPSA) is 0 Å². The van der Waals surface area contributed by atoms with Gasteiger partial charge in [0.1, 0.15) is 0 Å². The molecule has 0 aromatic rings. The first-order chi connectivity index (χ1) is 5.64. The quantitative estimate of drug-likeness (QED) is 0.450. The van der Waals surface area contributed by atoms with Gasteiger partial charge < -0.3 is 0 Å². The molecule has 0 aromatic carbocycles. The Morgan fingerprint density at radius 1 is 1.08 bits per heavy atom. The second-order valence-corrected chi connectivity index (χ2v) is 8.48. The predicted molar refractivity (Wildman–Crippen MR) is 62.8 cm³/mol. The van der Waals surface area contributed by atoms with E-state index in [1.807, 2.05) is 0 Å². The third-order valence-electron chi connectivity index (χ3n) is 3.09. The van der Waals surface area contributed by atoms with Crippen LogP contribution in [0.1, 0.15) is 34.6 Å². The van der Waals surface area contributed by atoms with Crippen LogP contribution in [0.2, 0.25) is 0 Å². The van der Waals surface area contributed by atoms with Crippen molar-refractivity contribution in [1.82, 2.24) is 0 Å². The molecule has 0 aliphatic carbocycles. The molecule has 0 aliphatic heterocycles. The molecule has 72 valence electrons. The summed E-state index contributed by atoms with van der Waals surface area (Å²) in [6.07, 6.45) is 7.93. The molecule has 1 heteroatoms. The Labute approximate surface area is 78.8 Å². The predicted octanol–water partition coefficient (Wildman–Crippen LogP) is 4.03. The summed E-state index contributed by atoms with van der Waals surface area (Å²) in [5, 5.41) is 0. The largest absolute Gasteiger partial charge is 0.0851 e. The van der Waals surface area contributed by atoms with Gasteiger partial charge in [0.05, 0.1) is 24.6 Å². The van der Waals surface area contributed by atoms with Crippen LogP contribution in [-0.2, 0) is 0 Å². The zero-order chi connectivity index (χ0) is 9.61. The van der Waals surface area contributed by atoms with Crippen LogP contribution in [0.3, 0.4) is 0 Å². The summed E-state index contributed by atoms with van der Waals surface area (Å²) in [5.41, 5.74) is 1.59. The third kappa shape index (κ3) is 3.27. The summed E-state index contributed by atoms with van der Waals surface area (Å²) in [7, 11) is -0.580. The van der Waals surface area contributed by atoms with Crippen LogP contribution in [0.15, 0.2) is 11.6 Å². The normalized spacial score (nSPS) is 13.6. The van der Waals surface area contributed by atoms with Crippen molar-refractivity contribution in [3.8, 4) is 0 Å². The van der Waals surface area contributed by atoms with Crippen molar-refractivity contribution < 1.29 is 0 Å².